The van der Waals surface area contributed by atoms with Gasteiger partial charge >= 0.3 is 0 Å². The zero-order valence-corrected chi connectivity index (χ0v) is 12.3. The van der Waals surface area contributed by atoms with Crippen LogP contribution in [0.4, 0.5) is 0 Å². The molecule has 3 heteroatoms. The standard InChI is InChI=1S/C16H23N3/c1-5-8-17-16(14-10-18-19(4)11-14)15-7-6-12(2)9-13(15)3/h6-7,9-11,16-17H,5,8H2,1-4H3. The van der Waals surface area contributed by atoms with Gasteiger partial charge in [-0.15, -0.1) is 0 Å². The maximum atomic E-state index is 4.29. The van der Waals surface area contributed by atoms with Crippen molar-refractivity contribution in [2.75, 3.05) is 6.54 Å². The largest absolute Gasteiger partial charge is 0.306 e. The Balaban J connectivity index is 2.36. The van der Waals surface area contributed by atoms with Crippen LogP contribution in [-0.2, 0) is 7.05 Å². The molecule has 0 fully saturated rings. The molecule has 1 N–H and O–H groups in total. The summed E-state index contributed by atoms with van der Waals surface area (Å²) in [4.78, 5) is 0. The van der Waals surface area contributed by atoms with Crippen molar-refractivity contribution in [3.05, 3.63) is 52.8 Å². The highest BCUT2D eigenvalue weighted by atomic mass is 15.2. The second kappa shape index (κ2) is 6.02. The van der Waals surface area contributed by atoms with E-state index in [0.717, 1.165) is 13.0 Å². The van der Waals surface area contributed by atoms with E-state index in [1.165, 1.54) is 22.3 Å². The molecule has 0 saturated heterocycles. The van der Waals surface area contributed by atoms with Gasteiger partial charge in [0.05, 0.1) is 12.2 Å². The Morgan fingerprint density at radius 3 is 2.68 bits per heavy atom. The average molecular weight is 257 g/mol. The molecular weight excluding hydrogens is 234 g/mol. The van der Waals surface area contributed by atoms with Crippen LogP contribution in [-0.4, -0.2) is 16.3 Å². The first-order valence-electron chi connectivity index (χ1n) is 6.91. The lowest BCUT2D eigenvalue weighted by Crippen LogP contribution is -2.23. The molecule has 1 unspecified atom stereocenters. The van der Waals surface area contributed by atoms with Crippen molar-refractivity contribution in [2.45, 2.75) is 33.2 Å². The van der Waals surface area contributed by atoms with E-state index in [-0.39, 0.29) is 6.04 Å². The molecule has 0 bridgehead atoms. The van der Waals surface area contributed by atoms with Gasteiger partial charge in [-0.3, -0.25) is 4.68 Å². The summed E-state index contributed by atoms with van der Waals surface area (Å²) in [7, 11) is 1.96. The summed E-state index contributed by atoms with van der Waals surface area (Å²) >= 11 is 0. The summed E-state index contributed by atoms with van der Waals surface area (Å²) in [6, 6.07) is 6.88. The Morgan fingerprint density at radius 2 is 2.11 bits per heavy atom. The Morgan fingerprint density at radius 1 is 1.32 bits per heavy atom. The quantitative estimate of drug-likeness (QED) is 0.892. The smallest absolute Gasteiger partial charge is 0.0610 e. The zero-order chi connectivity index (χ0) is 13.8. The molecule has 1 heterocycles. The van der Waals surface area contributed by atoms with Crippen LogP contribution in [0.2, 0.25) is 0 Å². The van der Waals surface area contributed by atoms with Gasteiger partial charge < -0.3 is 5.32 Å². The molecule has 0 aliphatic rings. The van der Waals surface area contributed by atoms with Gasteiger partial charge in [-0.05, 0) is 37.9 Å². The number of nitrogens with zero attached hydrogens (tertiary/aromatic N) is 2. The van der Waals surface area contributed by atoms with E-state index in [2.05, 4.69) is 55.6 Å². The first-order chi connectivity index (χ1) is 9.11. The minimum Gasteiger partial charge on any atom is -0.306 e. The number of aryl methyl sites for hydroxylation is 3. The molecule has 2 aromatic rings. The van der Waals surface area contributed by atoms with Gasteiger partial charge in [0.1, 0.15) is 0 Å². The van der Waals surface area contributed by atoms with Crippen LogP contribution in [0.1, 0.15) is 41.6 Å². The SMILES string of the molecule is CCCNC(c1cnn(C)c1)c1ccc(C)cc1C. The molecule has 0 amide bonds. The summed E-state index contributed by atoms with van der Waals surface area (Å²) in [6.45, 7) is 7.51. The average Bonchev–Trinajstić information content (AvgIpc) is 2.78. The van der Waals surface area contributed by atoms with Gasteiger partial charge in [0.15, 0.2) is 0 Å². The van der Waals surface area contributed by atoms with Crippen molar-refractivity contribution in [3.8, 4) is 0 Å². The lowest BCUT2D eigenvalue weighted by atomic mass is 9.95. The third-order valence-electron chi connectivity index (χ3n) is 3.39. The number of benzene rings is 1. The summed E-state index contributed by atoms with van der Waals surface area (Å²) in [5.41, 5.74) is 5.20. The molecular formula is C16H23N3. The second-order valence-electron chi connectivity index (χ2n) is 5.19. The predicted molar refractivity (Wildman–Crippen MR) is 79.3 cm³/mol. The Labute approximate surface area is 115 Å². The summed E-state index contributed by atoms with van der Waals surface area (Å²) < 4.78 is 1.86. The normalized spacial score (nSPS) is 12.6. The zero-order valence-electron chi connectivity index (χ0n) is 12.3. The van der Waals surface area contributed by atoms with Crippen LogP contribution in [0.25, 0.3) is 0 Å². The van der Waals surface area contributed by atoms with Gasteiger partial charge in [-0.2, -0.15) is 5.10 Å². The Hall–Kier alpha value is -1.61. The molecule has 0 aliphatic heterocycles. The molecule has 1 aromatic carbocycles. The monoisotopic (exact) mass is 257 g/mol. The third kappa shape index (κ3) is 3.24. The van der Waals surface area contributed by atoms with E-state index in [1.54, 1.807) is 0 Å². The molecule has 19 heavy (non-hydrogen) atoms. The van der Waals surface area contributed by atoms with Crippen LogP contribution < -0.4 is 5.32 Å². The van der Waals surface area contributed by atoms with E-state index in [1.807, 2.05) is 17.9 Å². The highest BCUT2D eigenvalue weighted by Gasteiger charge is 2.16. The minimum atomic E-state index is 0.231. The predicted octanol–water partition coefficient (Wildman–Crippen LogP) is 3.13. The van der Waals surface area contributed by atoms with Gasteiger partial charge in [0.2, 0.25) is 0 Å². The maximum Gasteiger partial charge on any atom is 0.0610 e. The highest BCUT2D eigenvalue weighted by molar-refractivity contribution is 5.37. The van der Waals surface area contributed by atoms with Crippen LogP contribution in [0, 0.1) is 13.8 Å². The van der Waals surface area contributed by atoms with Gasteiger partial charge in [0, 0.05) is 18.8 Å². The summed E-state index contributed by atoms with van der Waals surface area (Å²) in [5.74, 6) is 0. The first kappa shape index (κ1) is 13.8. The maximum absolute atomic E-state index is 4.29. The number of hydrogen-bond donors (Lipinski definition) is 1. The second-order valence-corrected chi connectivity index (χ2v) is 5.19. The fourth-order valence-corrected chi connectivity index (χ4v) is 2.43. The molecule has 0 saturated carbocycles. The molecule has 3 nitrogen and oxygen atoms in total. The molecule has 1 atom stereocenters. The number of rotatable bonds is 5. The molecule has 0 radical (unpaired) electrons. The summed E-state index contributed by atoms with van der Waals surface area (Å²) in [6.07, 6.45) is 5.17. The van der Waals surface area contributed by atoms with Gasteiger partial charge in [-0.25, -0.2) is 0 Å². The minimum absolute atomic E-state index is 0.231. The van der Waals surface area contributed by atoms with Crippen LogP contribution in [0.3, 0.4) is 0 Å². The summed E-state index contributed by atoms with van der Waals surface area (Å²) in [5, 5.41) is 7.92. The van der Waals surface area contributed by atoms with Gasteiger partial charge in [-0.1, -0.05) is 30.7 Å². The Kier molecular flexibility index (Phi) is 4.38. The number of hydrogen-bond acceptors (Lipinski definition) is 2. The van der Waals surface area contributed by atoms with Crippen LogP contribution >= 0.6 is 0 Å². The first-order valence-corrected chi connectivity index (χ1v) is 6.91. The van der Waals surface area contributed by atoms with Crippen molar-refractivity contribution in [2.24, 2.45) is 7.05 Å². The van der Waals surface area contributed by atoms with Crippen molar-refractivity contribution < 1.29 is 0 Å². The van der Waals surface area contributed by atoms with Crippen LogP contribution in [0.5, 0.6) is 0 Å². The molecule has 0 aliphatic carbocycles. The van der Waals surface area contributed by atoms with E-state index < -0.39 is 0 Å². The highest BCUT2D eigenvalue weighted by Crippen LogP contribution is 2.25. The van der Waals surface area contributed by atoms with E-state index in [0.29, 0.717) is 0 Å². The molecule has 0 spiro atoms. The lowest BCUT2D eigenvalue weighted by Gasteiger charge is -2.20. The van der Waals surface area contributed by atoms with Crippen LogP contribution in [0.15, 0.2) is 30.6 Å². The lowest BCUT2D eigenvalue weighted by molar-refractivity contribution is 0.595. The van der Waals surface area contributed by atoms with E-state index in [9.17, 15) is 0 Å². The fourth-order valence-electron chi connectivity index (χ4n) is 2.43. The van der Waals surface area contributed by atoms with Crippen molar-refractivity contribution in [1.82, 2.24) is 15.1 Å². The van der Waals surface area contributed by atoms with Crippen molar-refractivity contribution >= 4 is 0 Å². The number of nitrogens with one attached hydrogen (secondary N) is 1. The van der Waals surface area contributed by atoms with E-state index >= 15 is 0 Å². The third-order valence-corrected chi connectivity index (χ3v) is 3.39. The van der Waals surface area contributed by atoms with Gasteiger partial charge in [0.25, 0.3) is 0 Å². The molecule has 1 aromatic heterocycles. The van der Waals surface area contributed by atoms with Crippen molar-refractivity contribution in [1.29, 1.82) is 0 Å². The fraction of sp³-hybridized carbons (Fsp3) is 0.438. The molecule has 102 valence electrons. The van der Waals surface area contributed by atoms with Crippen molar-refractivity contribution in [3.63, 3.8) is 0 Å². The Bertz CT molecular complexity index is 543. The topological polar surface area (TPSA) is 29.9 Å². The number of aromatic nitrogens is 2. The molecule has 2 rings (SSSR count). The van der Waals surface area contributed by atoms with E-state index in [4.69, 9.17) is 0 Å².